The molecule has 0 N–H and O–H groups in total. The fraction of sp³-hybridized carbons (Fsp3) is 0. The topological polar surface area (TPSA) is 51.6 Å². The number of pyridine rings is 1. The summed E-state index contributed by atoms with van der Waals surface area (Å²) in [6, 6.07) is 24.2. The molecule has 0 bridgehead atoms. The van der Waals surface area contributed by atoms with Crippen LogP contribution in [0.4, 0.5) is 17.6 Å². The van der Waals surface area contributed by atoms with Crippen molar-refractivity contribution in [3.63, 3.8) is 0 Å². The van der Waals surface area contributed by atoms with Crippen LogP contribution in [0.2, 0.25) is 0 Å². The van der Waals surface area contributed by atoms with E-state index in [1.54, 1.807) is 6.07 Å². The van der Waals surface area contributed by atoms with Crippen molar-refractivity contribution in [1.82, 2.24) is 19.9 Å². The lowest BCUT2D eigenvalue weighted by Crippen LogP contribution is -2.05. The van der Waals surface area contributed by atoms with Gasteiger partial charge in [-0.2, -0.15) is 13.8 Å². The predicted molar refractivity (Wildman–Crippen MR) is 119 cm³/mol. The molecule has 0 aliphatic heterocycles. The minimum Gasteiger partial charge on any atom is -0.208 e. The number of rotatable bonds is 4. The molecule has 5 aromatic rings. The van der Waals surface area contributed by atoms with Crippen LogP contribution in [0.3, 0.4) is 0 Å². The first kappa shape index (κ1) is 21.4. The van der Waals surface area contributed by atoms with Crippen molar-refractivity contribution < 1.29 is 17.6 Å². The Balaban J connectivity index is 1.78. The molecule has 0 atom stereocenters. The van der Waals surface area contributed by atoms with Crippen LogP contribution < -0.4 is 0 Å². The van der Waals surface area contributed by atoms with Crippen molar-refractivity contribution in [2.45, 2.75) is 0 Å². The molecule has 0 saturated heterocycles. The monoisotopic (exact) mass is 458 g/mol. The van der Waals surface area contributed by atoms with Crippen molar-refractivity contribution in [3.8, 4) is 45.3 Å². The first-order valence-electron chi connectivity index (χ1n) is 10.2. The molecule has 0 amide bonds. The van der Waals surface area contributed by atoms with E-state index in [-0.39, 0.29) is 17.0 Å². The predicted octanol–water partition coefficient (Wildman–Crippen LogP) is 6.49. The summed E-state index contributed by atoms with van der Waals surface area (Å²) in [7, 11) is 0. The van der Waals surface area contributed by atoms with E-state index in [4.69, 9.17) is 0 Å². The van der Waals surface area contributed by atoms with E-state index in [0.717, 1.165) is 0 Å². The Hall–Kier alpha value is -4.46. The van der Waals surface area contributed by atoms with Crippen LogP contribution in [0.25, 0.3) is 45.3 Å². The van der Waals surface area contributed by atoms with Crippen LogP contribution in [-0.4, -0.2) is 19.9 Å². The molecule has 0 unspecified atom stereocenters. The maximum Gasteiger partial charge on any atom is 0.252 e. The van der Waals surface area contributed by atoms with E-state index >= 15 is 0 Å². The Morgan fingerprint density at radius 1 is 0.412 bits per heavy atom. The van der Waals surface area contributed by atoms with E-state index in [9.17, 15) is 17.6 Å². The van der Waals surface area contributed by atoms with Gasteiger partial charge in [0.25, 0.3) is 11.9 Å². The number of hydrogen-bond acceptors (Lipinski definition) is 4. The van der Waals surface area contributed by atoms with Crippen molar-refractivity contribution in [2.24, 2.45) is 0 Å². The highest BCUT2D eigenvalue weighted by molar-refractivity contribution is 5.82. The minimum absolute atomic E-state index is 0.0831. The molecule has 4 nitrogen and oxygen atoms in total. The van der Waals surface area contributed by atoms with Gasteiger partial charge in [-0.15, -0.1) is 0 Å². The molecule has 2 aromatic heterocycles. The average Bonchev–Trinajstić information content (AvgIpc) is 2.89. The zero-order valence-electron chi connectivity index (χ0n) is 17.4. The Kier molecular flexibility index (Phi) is 5.55. The largest absolute Gasteiger partial charge is 0.252 e. The summed E-state index contributed by atoms with van der Waals surface area (Å²) in [6.07, 6.45) is 0. The Morgan fingerprint density at radius 2 is 0.824 bits per heavy atom. The molecule has 0 aliphatic rings. The molecular formula is C26H14F4N4. The van der Waals surface area contributed by atoms with Crippen LogP contribution in [0.1, 0.15) is 0 Å². The maximum absolute atomic E-state index is 14.6. The zero-order chi connectivity index (χ0) is 23.7. The fourth-order valence-electron chi connectivity index (χ4n) is 3.55. The molecule has 0 spiro atoms. The summed E-state index contributed by atoms with van der Waals surface area (Å²) in [4.78, 5) is 16.2. The normalized spacial score (nSPS) is 10.9. The number of benzene rings is 3. The van der Waals surface area contributed by atoms with Crippen LogP contribution in [0.15, 0.2) is 84.9 Å². The van der Waals surface area contributed by atoms with Crippen molar-refractivity contribution in [2.75, 3.05) is 0 Å². The molecule has 2 heterocycles. The van der Waals surface area contributed by atoms with Crippen LogP contribution >= 0.6 is 0 Å². The van der Waals surface area contributed by atoms with Gasteiger partial charge in [-0.25, -0.2) is 23.7 Å². The molecule has 0 radical (unpaired) electrons. The van der Waals surface area contributed by atoms with Gasteiger partial charge in [0.15, 0.2) is 29.1 Å². The third-order valence-electron chi connectivity index (χ3n) is 5.13. The van der Waals surface area contributed by atoms with Gasteiger partial charge in [-0.1, -0.05) is 84.9 Å². The first-order chi connectivity index (χ1) is 16.5. The Labute approximate surface area is 191 Å². The summed E-state index contributed by atoms with van der Waals surface area (Å²) in [5, 5.41) is 0. The van der Waals surface area contributed by atoms with E-state index in [2.05, 4.69) is 19.9 Å². The minimum atomic E-state index is -1.74. The Morgan fingerprint density at radius 3 is 1.32 bits per heavy atom. The highest BCUT2D eigenvalue weighted by atomic mass is 19.2. The summed E-state index contributed by atoms with van der Waals surface area (Å²) in [6.45, 7) is 0. The highest BCUT2D eigenvalue weighted by Gasteiger charge is 2.25. The molecule has 0 aliphatic carbocycles. The van der Waals surface area contributed by atoms with Gasteiger partial charge in [-0.3, -0.25) is 0 Å². The lowest BCUT2D eigenvalue weighted by molar-refractivity contribution is 0.410. The molecular weight excluding hydrogens is 444 g/mol. The van der Waals surface area contributed by atoms with Gasteiger partial charge in [0.05, 0.1) is 5.56 Å². The second-order valence-corrected chi connectivity index (χ2v) is 7.28. The number of nitrogens with zero attached hydrogens (tertiary/aromatic N) is 4. The lowest BCUT2D eigenvalue weighted by atomic mass is 9.98. The standard InChI is InChI=1S/C26H14F4N4/c27-20-19(21(28)23(30)31-22(20)29)17-13-7-8-14-18(17)26-33-24(15-9-3-1-4-10-15)32-25(34-26)16-11-5-2-6-12-16/h1-14H. The number of hydrogen-bond donors (Lipinski definition) is 0. The Bertz CT molecular complexity index is 1410. The summed E-state index contributed by atoms with van der Waals surface area (Å²) < 4.78 is 57.0. The van der Waals surface area contributed by atoms with Crippen LogP contribution in [0, 0.1) is 23.5 Å². The molecule has 34 heavy (non-hydrogen) atoms. The van der Waals surface area contributed by atoms with Gasteiger partial charge in [0.1, 0.15) is 0 Å². The van der Waals surface area contributed by atoms with Crippen molar-refractivity contribution in [3.05, 3.63) is 108 Å². The third kappa shape index (κ3) is 3.90. The van der Waals surface area contributed by atoms with Gasteiger partial charge in [-0.05, 0) is 5.56 Å². The molecule has 0 fully saturated rings. The quantitative estimate of drug-likeness (QED) is 0.228. The van der Waals surface area contributed by atoms with E-state index < -0.39 is 29.1 Å². The fourth-order valence-corrected chi connectivity index (χ4v) is 3.55. The SMILES string of the molecule is Fc1nc(F)c(F)c(-c2ccccc2-c2nc(-c3ccccc3)nc(-c3ccccc3)n2)c1F. The highest BCUT2D eigenvalue weighted by Crippen LogP contribution is 2.36. The third-order valence-corrected chi connectivity index (χ3v) is 5.13. The summed E-state index contributed by atoms with van der Waals surface area (Å²) >= 11 is 0. The molecule has 166 valence electrons. The first-order valence-corrected chi connectivity index (χ1v) is 10.2. The van der Waals surface area contributed by atoms with E-state index in [1.165, 1.54) is 18.2 Å². The van der Waals surface area contributed by atoms with E-state index in [1.807, 2.05) is 60.7 Å². The maximum atomic E-state index is 14.6. The second kappa shape index (κ2) is 8.82. The summed E-state index contributed by atoms with van der Waals surface area (Å²) in [5.41, 5.74) is 0.547. The van der Waals surface area contributed by atoms with E-state index in [0.29, 0.717) is 22.8 Å². The lowest BCUT2D eigenvalue weighted by Gasteiger charge is -2.13. The number of halogens is 4. The average molecular weight is 458 g/mol. The van der Waals surface area contributed by atoms with Gasteiger partial charge in [0, 0.05) is 16.7 Å². The smallest absolute Gasteiger partial charge is 0.208 e. The van der Waals surface area contributed by atoms with Crippen LogP contribution in [0.5, 0.6) is 0 Å². The zero-order valence-corrected chi connectivity index (χ0v) is 17.4. The second-order valence-electron chi connectivity index (χ2n) is 7.28. The van der Waals surface area contributed by atoms with Crippen molar-refractivity contribution in [1.29, 1.82) is 0 Å². The van der Waals surface area contributed by atoms with Gasteiger partial charge >= 0.3 is 0 Å². The number of aromatic nitrogens is 4. The van der Waals surface area contributed by atoms with Gasteiger partial charge in [0.2, 0.25) is 0 Å². The van der Waals surface area contributed by atoms with Crippen LogP contribution in [-0.2, 0) is 0 Å². The molecule has 3 aromatic carbocycles. The van der Waals surface area contributed by atoms with Gasteiger partial charge < -0.3 is 0 Å². The molecule has 8 heteroatoms. The van der Waals surface area contributed by atoms with Crippen molar-refractivity contribution >= 4 is 0 Å². The molecule has 0 saturated carbocycles. The molecule has 5 rings (SSSR count). The summed E-state index contributed by atoms with van der Waals surface area (Å²) in [5.74, 6) is -5.96.